The number of aryl methyl sites for hydroxylation is 1. The van der Waals surface area contributed by atoms with Crippen molar-refractivity contribution in [2.45, 2.75) is 33.1 Å². The minimum atomic E-state index is 0.665. The average Bonchev–Trinajstić information content (AvgIpc) is 2.75. The zero-order chi connectivity index (χ0) is 13.8. The van der Waals surface area contributed by atoms with Crippen LogP contribution in [-0.2, 0) is 6.42 Å². The SMILES string of the molecule is CC(C)C(CCN)CCc1nc2ncc(Br)cc2[nH]1. The molecule has 1 atom stereocenters. The quantitative estimate of drug-likeness (QED) is 0.856. The molecule has 0 aliphatic rings. The summed E-state index contributed by atoms with van der Waals surface area (Å²) in [7, 11) is 0. The van der Waals surface area contributed by atoms with Crippen LogP contribution >= 0.6 is 15.9 Å². The largest absolute Gasteiger partial charge is 0.341 e. The molecule has 0 spiro atoms. The molecule has 0 bridgehead atoms. The van der Waals surface area contributed by atoms with Crippen molar-refractivity contribution in [1.82, 2.24) is 15.0 Å². The first-order valence-corrected chi connectivity index (χ1v) is 7.59. The fourth-order valence-electron chi connectivity index (χ4n) is 2.39. The maximum atomic E-state index is 5.68. The zero-order valence-corrected chi connectivity index (χ0v) is 13.1. The van der Waals surface area contributed by atoms with Crippen LogP contribution in [0.15, 0.2) is 16.7 Å². The van der Waals surface area contributed by atoms with Crippen molar-refractivity contribution in [3.05, 3.63) is 22.6 Å². The van der Waals surface area contributed by atoms with Crippen LogP contribution in [0, 0.1) is 11.8 Å². The van der Waals surface area contributed by atoms with Crippen molar-refractivity contribution in [2.24, 2.45) is 17.6 Å². The number of aromatic nitrogens is 3. The van der Waals surface area contributed by atoms with Gasteiger partial charge in [0.1, 0.15) is 5.82 Å². The van der Waals surface area contributed by atoms with Crippen LogP contribution in [0.1, 0.15) is 32.5 Å². The van der Waals surface area contributed by atoms with Crippen LogP contribution in [-0.4, -0.2) is 21.5 Å². The molecule has 0 amide bonds. The highest BCUT2D eigenvalue weighted by atomic mass is 79.9. The number of nitrogens with two attached hydrogens (primary N) is 1. The Kier molecular flexibility index (Phi) is 4.93. The lowest BCUT2D eigenvalue weighted by Crippen LogP contribution is -2.15. The van der Waals surface area contributed by atoms with Crippen molar-refractivity contribution in [2.75, 3.05) is 6.54 Å². The van der Waals surface area contributed by atoms with Gasteiger partial charge in [0.15, 0.2) is 5.65 Å². The van der Waals surface area contributed by atoms with Gasteiger partial charge in [-0.25, -0.2) is 9.97 Å². The van der Waals surface area contributed by atoms with Gasteiger partial charge >= 0.3 is 0 Å². The summed E-state index contributed by atoms with van der Waals surface area (Å²) in [6.45, 7) is 5.28. The van der Waals surface area contributed by atoms with E-state index in [0.29, 0.717) is 11.8 Å². The van der Waals surface area contributed by atoms with E-state index in [1.165, 1.54) is 0 Å². The number of nitrogens with zero attached hydrogens (tertiary/aromatic N) is 2. The predicted octanol–water partition coefficient (Wildman–Crippen LogP) is 3.27. The molecule has 5 heteroatoms. The molecule has 2 rings (SSSR count). The molecule has 104 valence electrons. The third kappa shape index (κ3) is 3.76. The third-order valence-electron chi connectivity index (χ3n) is 3.59. The van der Waals surface area contributed by atoms with E-state index in [0.717, 1.165) is 47.3 Å². The van der Waals surface area contributed by atoms with Crippen LogP contribution < -0.4 is 5.73 Å². The number of hydrogen-bond acceptors (Lipinski definition) is 3. The number of nitrogens with one attached hydrogen (secondary N) is 1. The summed E-state index contributed by atoms with van der Waals surface area (Å²) < 4.78 is 0.971. The monoisotopic (exact) mass is 324 g/mol. The Morgan fingerprint density at radius 3 is 2.84 bits per heavy atom. The lowest BCUT2D eigenvalue weighted by Gasteiger charge is -2.19. The van der Waals surface area contributed by atoms with E-state index in [4.69, 9.17) is 5.73 Å². The molecule has 0 radical (unpaired) electrons. The predicted molar refractivity (Wildman–Crippen MR) is 81.9 cm³/mol. The molecular formula is C14H21BrN4. The Bertz CT molecular complexity index is 535. The summed E-state index contributed by atoms with van der Waals surface area (Å²) in [5.41, 5.74) is 7.46. The van der Waals surface area contributed by atoms with E-state index in [2.05, 4.69) is 44.7 Å². The van der Waals surface area contributed by atoms with Gasteiger partial charge in [0.2, 0.25) is 0 Å². The highest BCUT2D eigenvalue weighted by Gasteiger charge is 2.14. The average molecular weight is 325 g/mol. The summed E-state index contributed by atoms with van der Waals surface area (Å²) in [6.07, 6.45) is 4.94. The Morgan fingerprint density at radius 2 is 2.16 bits per heavy atom. The summed E-state index contributed by atoms with van der Waals surface area (Å²) in [4.78, 5) is 12.2. The number of halogens is 1. The lowest BCUT2D eigenvalue weighted by molar-refractivity contribution is 0.339. The van der Waals surface area contributed by atoms with Gasteiger partial charge in [-0.1, -0.05) is 13.8 Å². The van der Waals surface area contributed by atoms with Gasteiger partial charge in [0, 0.05) is 17.1 Å². The van der Waals surface area contributed by atoms with Gasteiger partial charge in [-0.05, 0) is 53.2 Å². The number of fused-ring (bicyclic) bond motifs is 1. The van der Waals surface area contributed by atoms with Crippen molar-refractivity contribution >= 4 is 27.1 Å². The van der Waals surface area contributed by atoms with Gasteiger partial charge < -0.3 is 10.7 Å². The highest BCUT2D eigenvalue weighted by Crippen LogP contribution is 2.21. The normalized spacial score (nSPS) is 13.3. The minimum absolute atomic E-state index is 0.665. The molecule has 0 saturated carbocycles. The molecule has 1 unspecified atom stereocenters. The molecule has 4 nitrogen and oxygen atoms in total. The molecule has 0 aromatic carbocycles. The van der Waals surface area contributed by atoms with Gasteiger partial charge in [0.25, 0.3) is 0 Å². The summed E-state index contributed by atoms with van der Waals surface area (Å²) >= 11 is 3.42. The number of aromatic amines is 1. The fraction of sp³-hybridized carbons (Fsp3) is 0.571. The van der Waals surface area contributed by atoms with Crippen LogP contribution in [0.2, 0.25) is 0 Å². The molecule has 2 aromatic heterocycles. The number of hydrogen-bond donors (Lipinski definition) is 2. The summed E-state index contributed by atoms with van der Waals surface area (Å²) in [6, 6.07) is 2.01. The Labute approximate surface area is 122 Å². The zero-order valence-electron chi connectivity index (χ0n) is 11.5. The third-order valence-corrected chi connectivity index (χ3v) is 4.02. The Balaban J connectivity index is 2.04. The Morgan fingerprint density at radius 1 is 1.37 bits per heavy atom. The lowest BCUT2D eigenvalue weighted by atomic mass is 9.88. The van der Waals surface area contributed by atoms with Crippen LogP contribution in [0.3, 0.4) is 0 Å². The van der Waals surface area contributed by atoms with E-state index in [-0.39, 0.29) is 0 Å². The molecule has 0 aliphatic carbocycles. The second-order valence-electron chi connectivity index (χ2n) is 5.33. The van der Waals surface area contributed by atoms with Crippen LogP contribution in [0.25, 0.3) is 11.2 Å². The van der Waals surface area contributed by atoms with E-state index in [9.17, 15) is 0 Å². The maximum Gasteiger partial charge on any atom is 0.177 e. The molecule has 0 saturated heterocycles. The van der Waals surface area contributed by atoms with Crippen molar-refractivity contribution in [3.8, 4) is 0 Å². The van der Waals surface area contributed by atoms with Crippen molar-refractivity contribution < 1.29 is 0 Å². The number of imidazole rings is 1. The molecule has 0 aliphatic heterocycles. The minimum Gasteiger partial charge on any atom is -0.341 e. The molecule has 0 fully saturated rings. The smallest absolute Gasteiger partial charge is 0.177 e. The van der Waals surface area contributed by atoms with Gasteiger partial charge in [-0.3, -0.25) is 0 Å². The van der Waals surface area contributed by atoms with E-state index in [1.54, 1.807) is 6.20 Å². The molecule has 2 heterocycles. The molecule has 2 aromatic rings. The number of pyridine rings is 1. The van der Waals surface area contributed by atoms with Crippen LogP contribution in [0.5, 0.6) is 0 Å². The topological polar surface area (TPSA) is 67.6 Å². The summed E-state index contributed by atoms with van der Waals surface area (Å²) in [5.74, 6) is 2.35. The van der Waals surface area contributed by atoms with E-state index < -0.39 is 0 Å². The number of H-pyrrole nitrogens is 1. The van der Waals surface area contributed by atoms with Crippen molar-refractivity contribution in [3.63, 3.8) is 0 Å². The molecule has 19 heavy (non-hydrogen) atoms. The standard InChI is InChI=1S/C14H21BrN4/c1-9(2)10(5-6-16)3-4-13-18-12-7-11(15)8-17-14(12)19-13/h7-10H,3-6,16H2,1-2H3,(H,17,18,19). The summed E-state index contributed by atoms with van der Waals surface area (Å²) in [5, 5.41) is 0. The second kappa shape index (κ2) is 6.48. The first kappa shape index (κ1) is 14.5. The molecular weight excluding hydrogens is 304 g/mol. The van der Waals surface area contributed by atoms with Gasteiger partial charge in [-0.2, -0.15) is 0 Å². The maximum absolute atomic E-state index is 5.68. The molecule has 3 N–H and O–H groups in total. The highest BCUT2D eigenvalue weighted by molar-refractivity contribution is 9.10. The first-order chi connectivity index (χ1) is 9.10. The first-order valence-electron chi connectivity index (χ1n) is 6.80. The van der Waals surface area contributed by atoms with Gasteiger partial charge in [0.05, 0.1) is 5.52 Å². The Hall–Kier alpha value is -0.940. The number of rotatable bonds is 6. The van der Waals surface area contributed by atoms with Gasteiger partial charge in [-0.15, -0.1) is 0 Å². The van der Waals surface area contributed by atoms with E-state index >= 15 is 0 Å². The van der Waals surface area contributed by atoms with Crippen molar-refractivity contribution in [1.29, 1.82) is 0 Å². The van der Waals surface area contributed by atoms with Crippen LogP contribution in [0.4, 0.5) is 0 Å². The second-order valence-corrected chi connectivity index (χ2v) is 6.24. The fourth-order valence-corrected chi connectivity index (χ4v) is 2.72. The van der Waals surface area contributed by atoms with E-state index in [1.807, 2.05) is 6.07 Å².